The molecule has 0 aliphatic carbocycles. The lowest BCUT2D eigenvalue weighted by molar-refractivity contribution is -0.0167. The second kappa shape index (κ2) is 16.4. The van der Waals surface area contributed by atoms with Gasteiger partial charge in [0.1, 0.15) is 11.6 Å². The lowest BCUT2D eigenvalue weighted by Gasteiger charge is -2.35. The van der Waals surface area contributed by atoms with Crippen LogP contribution in [0, 0.1) is 11.7 Å². The van der Waals surface area contributed by atoms with Gasteiger partial charge in [0.2, 0.25) is 0 Å². The molecule has 10 heteroatoms. The van der Waals surface area contributed by atoms with Crippen LogP contribution in [0.4, 0.5) is 20.6 Å². The third kappa shape index (κ3) is 9.96. The highest BCUT2D eigenvalue weighted by atomic mass is 19.1. The summed E-state index contributed by atoms with van der Waals surface area (Å²) >= 11 is 0. The molecule has 42 heavy (non-hydrogen) atoms. The van der Waals surface area contributed by atoms with Crippen LogP contribution < -0.4 is 15.4 Å². The van der Waals surface area contributed by atoms with Gasteiger partial charge in [-0.05, 0) is 95.6 Å². The van der Waals surface area contributed by atoms with Crippen molar-refractivity contribution in [3.63, 3.8) is 0 Å². The highest BCUT2D eigenvalue weighted by molar-refractivity contribution is 6.02. The van der Waals surface area contributed by atoms with E-state index in [1.54, 1.807) is 23.1 Å². The molecule has 0 bridgehead atoms. The minimum absolute atomic E-state index is 0.00344. The maximum atomic E-state index is 14.2. The van der Waals surface area contributed by atoms with Crippen LogP contribution in [0.1, 0.15) is 63.7 Å². The molecule has 3 N–H and O–H groups in total. The monoisotopic (exact) mass is 586 g/mol. The summed E-state index contributed by atoms with van der Waals surface area (Å²) in [6.45, 7) is 10.5. The summed E-state index contributed by atoms with van der Waals surface area (Å²) < 4.78 is 25.9. The molecule has 9 nitrogen and oxygen atoms in total. The van der Waals surface area contributed by atoms with Crippen molar-refractivity contribution >= 4 is 23.3 Å². The number of nitrogens with one attached hydrogen (secondary N) is 2. The number of carbonyl (C=O) groups excluding carboxylic acids is 2. The number of benzene rings is 2. The van der Waals surface area contributed by atoms with Crippen molar-refractivity contribution in [1.82, 2.24) is 9.80 Å². The van der Waals surface area contributed by atoms with E-state index in [2.05, 4.69) is 36.4 Å². The summed E-state index contributed by atoms with van der Waals surface area (Å²) in [6, 6.07) is 9.43. The molecular weight excluding hydrogens is 539 g/mol. The predicted molar refractivity (Wildman–Crippen MR) is 164 cm³/mol. The van der Waals surface area contributed by atoms with E-state index in [-0.39, 0.29) is 30.6 Å². The molecule has 3 amide bonds. The summed E-state index contributed by atoms with van der Waals surface area (Å²) in [5.41, 5.74) is 1.12. The van der Waals surface area contributed by atoms with E-state index >= 15 is 0 Å². The third-order valence-electron chi connectivity index (χ3n) is 7.51. The first-order valence-corrected chi connectivity index (χ1v) is 15.0. The number of fused-ring (bicyclic) bond motifs is 1. The topological polar surface area (TPSA) is 103 Å². The zero-order valence-electron chi connectivity index (χ0n) is 25.6. The largest absolute Gasteiger partial charge is 0.490 e. The molecule has 2 aromatic carbocycles. The standard InChI is InChI=1S/C32H47FN4O5/c1-6-16-36(5)20-30-22(2)19-37(23(3)21-38)31(39)28-18-27(35-32(40)34-26-12-10-25(33)11-13-26)14-15-29(28)42-24(4)9-7-8-17-41-30/h10-15,18,22-24,30,38H,6-9,16-17,19-21H2,1-5H3,(H2,34,35,40)/t22-,23+,24-,30-/m0/s1. The molecule has 0 unspecified atom stereocenters. The lowest BCUT2D eigenvalue weighted by atomic mass is 10.0. The molecule has 0 aromatic heterocycles. The van der Waals surface area contributed by atoms with Gasteiger partial charge >= 0.3 is 6.03 Å². The van der Waals surface area contributed by atoms with Gasteiger partial charge in [0, 0.05) is 37.0 Å². The maximum Gasteiger partial charge on any atom is 0.323 e. The second-order valence-electron chi connectivity index (χ2n) is 11.4. The number of rotatable bonds is 8. The van der Waals surface area contributed by atoms with E-state index in [1.165, 1.54) is 24.3 Å². The summed E-state index contributed by atoms with van der Waals surface area (Å²) in [5, 5.41) is 15.5. The number of hydrogen-bond acceptors (Lipinski definition) is 6. The first-order chi connectivity index (χ1) is 20.1. The SMILES string of the molecule is CCCN(C)C[C@@H]1OCCCC[C@H](C)Oc2ccc(NC(=O)Nc3ccc(F)cc3)cc2C(=O)N([C@H](C)CO)C[C@@H]1C. The first-order valence-electron chi connectivity index (χ1n) is 15.0. The van der Waals surface area contributed by atoms with Crippen LogP contribution in [0.2, 0.25) is 0 Å². The number of likely N-dealkylation sites (N-methyl/N-ethyl adjacent to an activating group) is 1. The van der Waals surface area contributed by atoms with Gasteiger partial charge in [0.15, 0.2) is 0 Å². The van der Waals surface area contributed by atoms with Crippen LogP contribution in [-0.2, 0) is 4.74 Å². The molecule has 0 fully saturated rings. The summed E-state index contributed by atoms with van der Waals surface area (Å²) in [5.74, 6) is -0.281. The Bertz CT molecular complexity index is 1150. The third-order valence-corrected chi connectivity index (χ3v) is 7.51. The zero-order chi connectivity index (χ0) is 30.6. The van der Waals surface area contributed by atoms with E-state index in [1.807, 2.05) is 13.8 Å². The first kappa shape index (κ1) is 33.3. The molecule has 3 rings (SSSR count). The summed E-state index contributed by atoms with van der Waals surface area (Å²) in [6.07, 6.45) is 3.44. The number of aliphatic hydroxyl groups excluding tert-OH is 1. The number of anilines is 2. The molecule has 1 aliphatic rings. The average Bonchev–Trinajstić information content (AvgIpc) is 2.96. The Balaban J connectivity index is 1.91. The number of amides is 3. The van der Waals surface area contributed by atoms with Gasteiger partial charge in [-0.1, -0.05) is 13.8 Å². The minimum Gasteiger partial charge on any atom is -0.490 e. The van der Waals surface area contributed by atoms with E-state index in [0.29, 0.717) is 35.8 Å². The number of carbonyl (C=O) groups is 2. The van der Waals surface area contributed by atoms with E-state index in [0.717, 1.165) is 38.8 Å². The van der Waals surface area contributed by atoms with E-state index in [9.17, 15) is 19.1 Å². The van der Waals surface area contributed by atoms with Crippen molar-refractivity contribution in [2.75, 3.05) is 50.5 Å². The molecule has 0 radical (unpaired) electrons. The van der Waals surface area contributed by atoms with Gasteiger partial charge in [-0.15, -0.1) is 0 Å². The summed E-state index contributed by atoms with van der Waals surface area (Å²) in [7, 11) is 2.08. The number of halogens is 1. The smallest absolute Gasteiger partial charge is 0.323 e. The van der Waals surface area contributed by atoms with Crippen molar-refractivity contribution in [2.24, 2.45) is 5.92 Å². The number of ether oxygens (including phenoxy) is 2. The Labute approximate surface area is 249 Å². The number of hydrogen-bond donors (Lipinski definition) is 3. The van der Waals surface area contributed by atoms with Crippen LogP contribution in [0.15, 0.2) is 42.5 Å². The minimum atomic E-state index is -0.533. The van der Waals surface area contributed by atoms with E-state index < -0.39 is 17.9 Å². The van der Waals surface area contributed by atoms with Crippen molar-refractivity contribution in [2.45, 2.75) is 71.6 Å². The van der Waals surface area contributed by atoms with Gasteiger partial charge in [-0.25, -0.2) is 9.18 Å². The quantitative estimate of drug-likeness (QED) is 0.372. The molecule has 0 spiro atoms. The molecule has 0 saturated carbocycles. The fraction of sp³-hybridized carbons (Fsp3) is 0.562. The molecule has 0 saturated heterocycles. The van der Waals surface area contributed by atoms with Gasteiger partial charge < -0.3 is 35.0 Å². The van der Waals surface area contributed by atoms with Gasteiger partial charge in [-0.2, -0.15) is 0 Å². The maximum absolute atomic E-state index is 14.2. The Morgan fingerprint density at radius 2 is 1.83 bits per heavy atom. The Morgan fingerprint density at radius 1 is 1.14 bits per heavy atom. The highest BCUT2D eigenvalue weighted by Gasteiger charge is 2.30. The molecule has 1 heterocycles. The second-order valence-corrected chi connectivity index (χ2v) is 11.4. The predicted octanol–water partition coefficient (Wildman–Crippen LogP) is 5.61. The molecule has 2 aromatic rings. The van der Waals surface area contributed by atoms with Gasteiger partial charge in [0.05, 0.1) is 30.4 Å². The van der Waals surface area contributed by atoms with Crippen molar-refractivity contribution in [3.05, 3.63) is 53.8 Å². The molecular formula is C32H47FN4O5. The fourth-order valence-corrected chi connectivity index (χ4v) is 5.07. The summed E-state index contributed by atoms with van der Waals surface area (Å²) in [4.78, 5) is 30.8. The van der Waals surface area contributed by atoms with Crippen molar-refractivity contribution in [1.29, 1.82) is 0 Å². The Kier molecular flexibility index (Phi) is 13.0. The highest BCUT2D eigenvalue weighted by Crippen LogP contribution is 2.28. The zero-order valence-corrected chi connectivity index (χ0v) is 25.6. The Morgan fingerprint density at radius 3 is 2.52 bits per heavy atom. The normalized spacial score (nSPS) is 21.2. The van der Waals surface area contributed by atoms with Gasteiger partial charge in [-0.3, -0.25) is 4.79 Å². The van der Waals surface area contributed by atoms with Crippen LogP contribution in [-0.4, -0.2) is 85.0 Å². The van der Waals surface area contributed by atoms with Crippen molar-refractivity contribution < 1.29 is 28.6 Å². The lowest BCUT2D eigenvalue weighted by Crippen LogP contribution is -2.47. The number of urea groups is 1. The van der Waals surface area contributed by atoms with E-state index in [4.69, 9.17) is 9.47 Å². The molecule has 4 atom stereocenters. The van der Waals surface area contributed by atoms with Gasteiger partial charge in [0.25, 0.3) is 5.91 Å². The van der Waals surface area contributed by atoms with Crippen molar-refractivity contribution in [3.8, 4) is 5.75 Å². The number of nitrogens with zero attached hydrogens (tertiary/aromatic N) is 2. The van der Waals surface area contributed by atoms with Crippen LogP contribution in [0.3, 0.4) is 0 Å². The van der Waals surface area contributed by atoms with Crippen LogP contribution in [0.5, 0.6) is 5.75 Å². The number of aliphatic hydroxyl groups is 1. The average molecular weight is 587 g/mol. The molecule has 232 valence electrons. The Hall–Kier alpha value is -3.21. The molecule has 1 aliphatic heterocycles. The fourth-order valence-electron chi connectivity index (χ4n) is 5.07. The van der Waals surface area contributed by atoms with Crippen LogP contribution in [0.25, 0.3) is 0 Å². The van der Waals surface area contributed by atoms with Crippen LogP contribution >= 0.6 is 0 Å².